The van der Waals surface area contributed by atoms with Crippen molar-refractivity contribution < 1.29 is 4.79 Å². The van der Waals surface area contributed by atoms with E-state index in [4.69, 9.17) is 16.6 Å². The normalized spacial score (nSPS) is 13.0. The monoisotopic (exact) mass is 484 g/mol. The standard InChI is InChI=1S/C27H25ClN6O/c1-17-11-23-24(12-18(17)2)33-26(32-23)27(3,19-7-5-4-6-8-19)14-29-25(35)21-10-9-20(13-22(21)28)34-15-30-31-16-34/h4-13,15-16H,14H2,1-3H3,(H,29,35)(H,32,33). The smallest absolute Gasteiger partial charge is 0.252 e. The summed E-state index contributed by atoms with van der Waals surface area (Å²) in [5.74, 6) is 0.535. The predicted molar refractivity (Wildman–Crippen MR) is 137 cm³/mol. The molecular weight excluding hydrogens is 460 g/mol. The summed E-state index contributed by atoms with van der Waals surface area (Å²) < 4.78 is 1.73. The minimum Gasteiger partial charge on any atom is -0.351 e. The van der Waals surface area contributed by atoms with Crippen LogP contribution in [0.4, 0.5) is 0 Å². The second-order valence-corrected chi connectivity index (χ2v) is 9.36. The highest BCUT2D eigenvalue weighted by Gasteiger charge is 2.33. The predicted octanol–water partition coefficient (Wildman–Crippen LogP) is 5.15. The van der Waals surface area contributed by atoms with Gasteiger partial charge in [-0.05, 0) is 67.8 Å². The minimum absolute atomic E-state index is 0.254. The van der Waals surface area contributed by atoms with Gasteiger partial charge in [0.25, 0.3) is 5.91 Å². The highest BCUT2D eigenvalue weighted by molar-refractivity contribution is 6.34. The molecule has 5 rings (SSSR count). The maximum Gasteiger partial charge on any atom is 0.252 e. The first kappa shape index (κ1) is 22.8. The van der Waals surface area contributed by atoms with Gasteiger partial charge in [0, 0.05) is 12.2 Å². The van der Waals surface area contributed by atoms with Crippen molar-refractivity contribution in [3.05, 3.63) is 106 Å². The Kier molecular flexibility index (Phi) is 5.86. The largest absolute Gasteiger partial charge is 0.351 e. The van der Waals surface area contributed by atoms with Crippen molar-refractivity contribution in [2.45, 2.75) is 26.2 Å². The lowest BCUT2D eigenvalue weighted by Gasteiger charge is -2.28. The van der Waals surface area contributed by atoms with Crippen LogP contribution < -0.4 is 5.32 Å². The van der Waals surface area contributed by atoms with E-state index >= 15 is 0 Å². The highest BCUT2D eigenvalue weighted by Crippen LogP contribution is 2.32. The lowest BCUT2D eigenvalue weighted by Crippen LogP contribution is -2.40. The van der Waals surface area contributed by atoms with Gasteiger partial charge in [0.15, 0.2) is 0 Å². The molecule has 0 saturated heterocycles. The summed E-state index contributed by atoms with van der Waals surface area (Å²) in [7, 11) is 0. The first-order valence-electron chi connectivity index (χ1n) is 11.3. The van der Waals surface area contributed by atoms with Crippen LogP contribution in [-0.4, -0.2) is 37.2 Å². The van der Waals surface area contributed by atoms with Crippen LogP contribution in [0, 0.1) is 13.8 Å². The number of aromatic nitrogens is 5. The van der Waals surface area contributed by atoms with Gasteiger partial charge in [0.1, 0.15) is 18.5 Å². The summed E-state index contributed by atoms with van der Waals surface area (Å²) in [4.78, 5) is 21.6. The van der Waals surface area contributed by atoms with Crippen molar-refractivity contribution >= 4 is 28.5 Å². The molecule has 2 N–H and O–H groups in total. The number of amides is 1. The fourth-order valence-corrected chi connectivity index (χ4v) is 4.46. The van der Waals surface area contributed by atoms with Crippen LogP contribution in [0.2, 0.25) is 5.02 Å². The second kappa shape index (κ2) is 9.00. The summed E-state index contributed by atoms with van der Waals surface area (Å²) in [5.41, 5.74) is 5.90. The number of rotatable bonds is 6. The third-order valence-corrected chi connectivity index (χ3v) is 6.86. The van der Waals surface area contributed by atoms with Crippen molar-refractivity contribution in [3.63, 3.8) is 0 Å². The van der Waals surface area contributed by atoms with E-state index in [1.807, 2.05) is 24.3 Å². The topological polar surface area (TPSA) is 88.5 Å². The third kappa shape index (κ3) is 4.31. The molecule has 1 amide bonds. The number of hydrogen-bond donors (Lipinski definition) is 2. The molecular formula is C27H25ClN6O. The number of fused-ring (bicyclic) bond motifs is 1. The van der Waals surface area contributed by atoms with E-state index in [1.165, 1.54) is 11.1 Å². The van der Waals surface area contributed by atoms with Crippen molar-refractivity contribution in [3.8, 4) is 5.69 Å². The number of carbonyl (C=O) groups excluding carboxylic acids is 1. The van der Waals surface area contributed by atoms with Gasteiger partial charge in [-0.25, -0.2) is 4.98 Å². The van der Waals surface area contributed by atoms with Crippen molar-refractivity contribution in [2.75, 3.05) is 6.54 Å². The van der Waals surface area contributed by atoms with Crippen molar-refractivity contribution in [2.24, 2.45) is 0 Å². The zero-order valence-corrected chi connectivity index (χ0v) is 20.5. The average molecular weight is 485 g/mol. The van der Waals surface area contributed by atoms with Crippen LogP contribution in [-0.2, 0) is 5.41 Å². The Bertz CT molecular complexity index is 1470. The molecule has 0 aliphatic heterocycles. The molecule has 0 aliphatic carbocycles. The van der Waals surface area contributed by atoms with Crippen LogP contribution in [0.3, 0.4) is 0 Å². The molecule has 2 aromatic heterocycles. The maximum atomic E-state index is 13.2. The lowest BCUT2D eigenvalue weighted by atomic mass is 9.81. The minimum atomic E-state index is -0.591. The molecule has 1 atom stereocenters. The number of carbonyl (C=O) groups is 1. The number of hydrogen-bond acceptors (Lipinski definition) is 4. The van der Waals surface area contributed by atoms with Crippen molar-refractivity contribution in [1.82, 2.24) is 30.0 Å². The Hall–Kier alpha value is -3.97. The van der Waals surface area contributed by atoms with E-state index in [-0.39, 0.29) is 5.91 Å². The molecule has 1 unspecified atom stereocenters. The maximum absolute atomic E-state index is 13.2. The van der Waals surface area contributed by atoms with E-state index in [0.29, 0.717) is 17.1 Å². The Morgan fingerprint density at radius 2 is 1.74 bits per heavy atom. The molecule has 0 aliphatic rings. The Morgan fingerprint density at radius 1 is 1.03 bits per heavy atom. The van der Waals surface area contributed by atoms with Crippen molar-refractivity contribution in [1.29, 1.82) is 0 Å². The molecule has 5 aromatic rings. The third-order valence-electron chi connectivity index (χ3n) is 6.55. The Morgan fingerprint density at radius 3 is 2.46 bits per heavy atom. The summed E-state index contributed by atoms with van der Waals surface area (Å²) in [6.07, 6.45) is 3.15. The summed E-state index contributed by atoms with van der Waals surface area (Å²) in [5, 5.41) is 11.0. The molecule has 0 bridgehead atoms. The molecule has 176 valence electrons. The van der Waals surface area contributed by atoms with Gasteiger partial charge in [0.2, 0.25) is 0 Å². The molecule has 7 nitrogen and oxygen atoms in total. The van der Waals surface area contributed by atoms with E-state index in [0.717, 1.165) is 28.1 Å². The van der Waals surface area contributed by atoms with Crippen LogP contribution in [0.1, 0.15) is 39.8 Å². The van der Waals surface area contributed by atoms with Crippen LogP contribution in [0.5, 0.6) is 0 Å². The first-order valence-corrected chi connectivity index (χ1v) is 11.7. The number of aromatic amines is 1. The van der Waals surface area contributed by atoms with E-state index < -0.39 is 5.41 Å². The van der Waals surface area contributed by atoms with E-state index in [2.05, 4.69) is 65.5 Å². The number of imidazole rings is 1. The summed E-state index contributed by atoms with van der Waals surface area (Å²) >= 11 is 6.47. The molecule has 3 aromatic carbocycles. The number of aryl methyl sites for hydroxylation is 2. The summed E-state index contributed by atoms with van der Waals surface area (Å²) in [6, 6.07) is 19.5. The SMILES string of the molecule is Cc1cc2nc(C(C)(CNC(=O)c3ccc(-n4cnnc4)cc3Cl)c3ccccc3)[nH]c2cc1C. The van der Waals surface area contributed by atoms with Gasteiger partial charge in [-0.1, -0.05) is 41.9 Å². The van der Waals surface area contributed by atoms with Gasteiger partial charge < -0.3 is 10.3 Å². The Labute approximate surface area is 208 Å². The molecule has 2 heterocycles. The van der Waals surface area contributed by atoms with E-state index in [9.17, 15) is 4.79 Å². The second-order valence-electron chi connectivity index (χ2n) is 8.95. The average Bonchev–Trinajstić information content (AvgIpc) is 3.54. The van der Waals surface area contributed by atoms with Gasteiger partial charge in [0.05, 0.1) is 27.0 Å². The molecule has 8 heteroatoms. The fourth-order valence-electron chi connectivity index (χ4n) is 4.19. The van der Waals surface area contributed by atoms with Crippen LogP contribution >= 0.6 is 11.6 Å². The number of benzene rings is 3. The lowest BCUT2D eigenvalue weighted by molar-refractivity contribution is 0.0947. The number of halogens is 1. The molecule has 0 fully saturated rings. The van der Waals surface area contributed by atoms with Gasteiger partial charge in [-0.3, -0.25) is 9.36 Å². The molecule has 35 heavy (non-hydrogen) atoms. The number of nitrogens with zero attached hydrogens (tertiary/aromatic N) is 4. The number of H-pyrrole nitrogens is 1. The van der Waals surface area contributed by atoms with Crippen LogP contribution in [0.15, 0.2) is 73.3 Å². The zero-order valence-electron chi connectivity index (χ0n) is 19.7. The number of nitrogens with one attached hydrogen (secondary N) is 2. The quantitative estimate of drug-likeness (QED) is 0.349. The molecule has 0 spiro atoms. The molecule has 0 radical (unpaired) electrons. The zero-order chi connectivity index (χ0) is 24.6. The first-order chi connectivity index (χ1) is 16.8. The van der Waals surface area contributed by atoms with Crippen LogP contribution in [0.25, 0.3) is 16.7 Å². The summed E-state index contributed by atoms with van der Waals surface area (Å²) in [6.45, 7) is 6.58. The highest BCUT2D eigenvalue weighted by atomic mass is 35.5. The Balaban J connectivity index is 1.46. The van der Waals surface area contributed by atoms with Gasteiger partial charge in [-0.2, -0.15) is 0 Å². The van der Waals surface area contributed by atoms with Gasteiger partial charge >= 0.3 is 0 Å². The molecule has 0 saturated carbocycles. The fraction of sp³-hybridized carbons (Fsp3) is 0.185. The van der Waals surface area contributed by atoms with Gasteiger partial charge in [-0.15, -0.1) is 10.2 Å². The van der Waals surface area contributed by atoms with E-state index in [1.54, 1.807) is 29.4 Å².